The largest absolute Gasteiger partial charge is 0.360 e. The molecule has 128 valence electrons. The molecule has 1 unspecified atom stereocenters. The Morgan fingerprint density at radius 3 is 2.60 bits per heavy atom. The zero-order valence-electron chi connectivity index (χ0n) is 13.7. The van der Waals surface area contributed by atoms with Crippen LogP contribution in [-0.2, 0) is 9.53 Å². The summed E-state index contributed by atoms with van der Waals surface area (Å²) in [7, 11) is 0. The van der Waals surface area contributed by atoms with Crippen LogP contribution in [0.5, 0.6) is 0 Å². The Labute approximate surface area is 146 Å². The summed E-state index contributed by atoms with van der Waals surface area (Å²) in [6.45, 7) is 0. The maximum Gasteiger partial charge on any atom is 0.258 e. The van der Waals surface area contributed by atoms with Gasteiger partial charge >= 0.3 is 0 Å². The van der Waals surface area contributed by atoms with Crippen LogP contribution in [0.3, 0.4) is 0 Å². The van der Waals surface area contributed by atoms with Crippen molar-refractivity contribution in [2.75, 3.05) is 5.32 Å². The molecule has 25 heavy (non-hydrogen) atoms. The van der Waals surface area contributed by atoms with Crippen molar-refractivity contribution >= 4 is 11.6 Å². The second kappa shape index (κ2) is 7.91. The van der Waals surface area contributed by atoms with Gasteiger partial charge in [0.25, 0.3) is 5.91 Å². The SMILES string of the molecule is N#Cc1cc(NC(=O)C(OC2CCCC2)c2ccccc2)ccc1F. The van der Waals surface area contributed by atoms with Crippen LogP contribution >= 0.6 is 0 Å². The van der Waals surface area contributed by atoms with E-state index in [4.69, 9.17) is 10.00 Å². The van der Waals surface area contributed by atoms with Crippen molar-refractivity contribution in [2.45, 2.75) is 37.9 Å². The van der Waals surface area contributed by atoms with Gasteiger partial charge in [-0.2, -0.15) is 5.26 Å². The minimum Gasteiger partial charge on any atom is -0.360 e. The average Bonchev–Trinajstić information content (AvgIpc) is 3.15. The van der Waals surface area contributed by atoms with Crippen LogP contribution in [0.1, 0.15) is 42.9 Å². The van der Waals surface area contributed by atoms with E-state index >= 15 is 0 Å². The van der Waals surface area contributed by atoms with E-state index in [1.165, 1.54) is 18.2 Å². The van der Waals surface area contributed by atoms with Gasteiger partial charge in [0.2, 0.25) is 0 Å². The highest BCUT2D eigenvalue weighted by Crippen LogP contribution is 2.29. The van der Waals surface area contributed by atoms with Crippen LogP contribution < -0.4 is 5.32 Å². The van der Waals surface area contributed by atoms with Crippen molar-refractivity contribution in [3.63, 3.8) is 0 Å². The lowest BCUT2D eigenvalue weighted by Crippen LogP contribution is -2.26. The first kappa shape index (κ1) is 17.1. The summed E-state index contributed by atoms with van der Waals surface area (Å²) in [6, 6.07) is 15.0. The van der Waals surface area contributed by atoms with Crippen LogP contribution in [0.25, 0.3) is 0 Å². The van der Waals surface area contributed by atoms with E-state index in [-0.39, 0.29) is 17.6 Å². The lowest BCUT2D eigenvalue weighted by atomic mass is 10.1. The van der Waals surface area contributed by atoms with Gasteiger partial charge in [0, 0.05) is 5.69 Å². The second-order valence-corrected chi connectivity index (χ2v) is 6.13. The summed E-state index contributed by atoms with van der Waals surface area (Å²) in [4.78, 5) is 12.8. The summed E-state index contributed by atoms with van der Waals surface area (Å²) in [5.74, 6) is -0.934. The molecule has 2 aromatic rings. The number of hydrogen-bond acceptors (Lipinski definition) is 3. The van der Waals surface area contributed by atoms with Gasteiger partial charge in [-0.3, -0.25) is 4.79 Å². The number of nitrogens with zero attached hydrogens (tertiary/aromatic N) is 1. The third-order valence-electron chi connectivity index (χ3n) is 4.33. The first-order valence-electron chi connectivity index (χ1n) is 8.38. The van der Waals surface area contributed by atoms with Gasteiger partial charge in [0.15, 0.2) is 6.10 Å². The number of hydrogen-bond donors (Lipinski definition) is 1. The number of carbonyl (C=O) groups is 1. The number of amides is 1. The molecule has 4 nitrogen and oxygen atoms in total. The molecule has 0 aliphatic heterocycles. The van der Waals surface area contributed by atoms with Crippen molar-refractivity contribution in [2.24, 2.45) is 0 Å². The van der Waals surface area contributed by atoms with Gasteiger partial charge in [-0.1, -0.05) is 43.2 Å². The van der Waals surface area contributed by atoms with Crippen LogP contribution in [0, 0.1) is 17.1 Å². The lowest BCUT2D eigenvalue weighted by Gasteiger charge is -2.22. The number of nitrogens with one attached hydrogen (secondary N) is 1. The Morgan fingerprint density at radius 1 is 1.20 bits per heavy atom. The first-order chi connectivity index (χ1) is 12.2. The highest BCUT2D eigenvalue weighted by Gasteiger charge is 2.27. The molecule has 3 rings (SSSR count). The molecule has 0 radical (unpaired) electrons. The van der Waals surface area contributed by atoms with Gasteiger partial charge in [-0.05, 0) is 36.6 Å². The fourth-order valence-electron chi connectivity index (χ4n) is 3.03. The van der Waals surface area contributed by atoms with Gasteiger partial charge in [-0.25, -0.2) is 4.39 Å². The smallest absolute Gasteiger partial charge is 0.258 e. The van der Waals surface area contributed by atoms with Gasteiger partial charge < -0.3 is 10.1 Å². The van der Waals surface area contributed by atoms with Crippen molar-refractivity contribution in [3.05, 3.63) is 65.5 Å². The first-order valence-corrected chi connectivity index (χ1v) is 8.38. The quantitative estimate of drug-likeness (QED) is 0.882. The van der Waals surface area contributed by atoms with Crippen molar-refractivity contribution in [1.82, 2.24) is 0 Å². The molecule has 2 aromatic carbocycles. The number of ether oxygens (including phenoxy) is 1. The van der Waals surface area contributed by atoms with Crippen LogP contribution in [0.2, 0.25) is 0 Å². The van der Waals surface area contributed by atoms with Crippen molar-refractivity contribution in [1.29, 1.82) is 5.26 Å². The molecule has 1 N–H and O–H groups in total. The number of halogens is 1. The molecule has 0 saturated heterocycles. The fourth-order valence-corrected chi connectivity index (χ4v) is 3.03. The number of benzene rings is 2. The van der Waals surface area contributed by atoms with E-state index in [2.05, 4.69) is 5.32 Å². The van der Waals surface area contributed by atoms with Gasteiger partial charge in [0.1, 0.15) is 11.9 Å². The maximum atomic E-state index is 13.4. The Morgan fingerprint density at radius 2 is 1.92 bits per heavy atom. The summed E-state index contributed by atoms with van der Waals surface area (Å²) >= 11 is 0. The van der Waals surface area contributed by atoms with Crippen molar-refractivity contribution < 1.29 is 13.9 Å². The molecule has 0 bridgehead atoms. The standard InChI is InChI=1S/C20H19FN2O2/c21-18-11-10-16(12-15(18)13-22)23-20(24)19(14-6-2-1-3-7-14)25-17-8-4-5-9-17/h1-3,6-7,10-12,17,19H,4-5,8-9H2,(H,23,24). The van der Waals surface area contributed by atoms with Crippen LogP contribution in [0.4, 0.5) is 10.1 Å². The number of carbonyl (C=O) groups excluding carboxylic acids is 1. The molecule has 1 amide bonds. The summed E-state index contributed by atoms with van der Waals surface area (Å²) in [5.41, 5.74) is 1.04. The Hall–Kier alpha value is -2.71. The minimum atomic E-state index is -0.736. The molecule has 1 aliphatic rings. The summed E-state index contributed by atoms with van der Waals surface area (Å²) in [5, 5.41) is 11.7. The monoisotopic (exact) mass is 338 g/mol. The minimum absolute atomic E-state index is 0.0684. The lowest BCUT2D eigenvalue weighted by molar-refractivity contribution is -0.131. The normalized spacial score (nSPS) is 15.5. The predicted molar refractivity (Wildman–Crippen MR) is 92.3 cm³/mol. The molecule has 0 spiro atoms. The molecule has 5 heteroatoms. The molecular formula is C20H19FN2O2. The molecule has 1 aliphatic carbocycles. The average molecular weight is 338 g/mol. The van der Waals surface area contributed by atoms with E-state index in [1.54, 1.807) is 6.07 Å². The fraction of sp³-hybridized carbons (Fsp3) is 0.300. The van der Waals surface area contributed by atoms with Gasteiger partial charge in [0.05, 0.1) is 11.7 Å². The van der Waals surface area contributed by atoms with Crippen LogP contribution in [-0.4, -0.2) is 12.0 Å². The number of nitriles is 1. The van der Waals surface area contributed by atoms with Crippen LogP contribution in [0.15, 0.2) is 48.5 Å². The Balaban J connectivity index is 1.80. The number of rotatable bonds is 5. The zero-order chi connectivity index (χ0) is 17.6. The van der Waals surface area contributed by atoms with Crippen molar-refractivity contribution in [3.8, 4) is 6.07 Å². The molecular weight excluding hydrogens is 319 g/mol. The second-order valence-electron chi connectivity index (χ2n) is 6.13. The third-order valence-corrected chi connectivity index (χ3v) is 4.33. The molecule has 1 fully saturated rings. The zero-order valence-corrected chi connectivity index (χ0v) is 13.7. The molecule has 1 atom stereocenters. The predicted octanol–water partition coefficient (Wildman–Crippen LogP) is 4.34. The topological polar surface area (TPSA) is 62.1 Å². The van der Waals surface area contributed by atoms with Gasteiger partial charge in [-0.15, -0.1) is 0 Å². The molecule has 0 heterocycles. The van der Waals surface area contributed by atoms with E-state index in [1.807, 2.05) is 30.3 Å². The van der Waals surface area contributed by atoms with E-state index in [0.717, 1.165) is 31.2 Å². The molecule has 0 aromatic heterocycles. The summed E-state index contributed by atoms with van der Waals surface area (Å²) in [6.07, 6.45) is 3.45. The Kier molecular flexibility index (Phi) is 5.42. The van der Waals surface area contributed by atoms with E-state index in [0.29, 0.717) is 5.69 Å². The maximum absolute atomic E-state index is 13.4. The molecule has 1 saturated carbocycles. The highest BCUT2D eigenvalue weighted by molar-refractivity contribution is 5.95. The Bertz CT molecular complexity index is 780. The van der Waals surface area contributed by atoms with E-state index < -0.39 is 11.9 Å². The number of anilines is 1. The summed E-state index contributed by atoms with van der Waals surface area (Å²) < 4.78 is 19.5. The third kappa shape index (κ3) is 4.23. The van der Waals surface area contributed by atoms with E-state index in [9.17, 15) is 9.18 Å². The highest BCUT2D eigenvalue weighted by atomic mass is 19.1.